The molecular weight excluding hydrogens is 705 g/mol. The molecule has 0 unspecified atom stereocenters. The number of esters is 1. The normalized spacial score (nSPS) is 15.8. The first-order chi connectivity index (χ1) is 23.4. The standard InChI is InChI=1S/C37H40N2O8.C3H8.3Na/c1-23(9-7-11-31-36(3,4)27-21-25(35(45)46)13-15-29(27)38(31)19-17-33(41)42)10-8-12-32-37(5,6)28-22-26(47-24(2)40)14-16-30(28)39(32)20-18-34(43)44;1-3-2;;;/h7-16,21-22H,17-20H2,1-6H3,(H2-,41,42,43,44,45,46);3H2,1-2H3;;;/q;;3*+1/p-2. The third-order valence-electron chi connectivity index (χ3n) is 8.56. The quantitative estimate of drug-likeness (QED) is 0.0682. The number of anilines is 1. The van der Waals surface area contributed by atoms with Crippen LogP contribution in [0.2, 0.25) is 0 Å². The largest absolute Gasteiger partial charge is 1.00 e. The van der Waals surface area contributed by atoms with Gasteiger partial charge < -0.3 is 39.3 Å². The molecule has 0 N–H and O–H groups in total. The van der Waals surface area contributed by atoms with Crippen molar-refractivity contribution >= 4 is 41.0 Å². The molecule has 13 heteroatoms. The summed E-state index contributed by atoms with van der Waals surface area (Å²) in [4.78, 5) is 47.6. The average Bonchev–Trinajstić information content (AvgIpc) is 3.36. The summed E-state index contributed by atoms with van der Waals surface area (Å²) in [5.41, 5.74) is 4.71. The monoisotopic (exact) mass is 751 g/mol. The molecule has 266 valence electrons. The summed E-state index contributed by atoms with van der Waals surface area (Å²) in [6.45, 7) is 15.8. The molecule has 53 heavy (non-hydrogen) atoms. The number of aliphatic carboxylic acids is 2. The minimum absolute atomic E-state index is 0. The Morgan fingerprint density at radius 2 is 1.45 bits per heavy atom. The van der Waals surface area contributed by atoms with Gasteiger partial charge in [-0.2, -0.15) is 4.58 Å². The summed E-state index contributed by atoms with van der Waals surface area (Å²) in [5.74, 6) is -3.64. The van der Waals surface area contributed by atoms with Crippen molar-refractivity contribution in [2.45, 2.75) is 85.5 Å². The first kappa shape index (κ1) is 50.8. The van der Waals surface area contributed by atoms with Gasteiger partial charge in [-0.1, -0.05) is 70.1 Å². The van der Waals surface area contributed by atoms with Gasteiger partial charge in [-0.3, -0.25) is 4.79 Å². The van der Waals surface area contributed by atoms with E-state index in [2.05, 4.69) is 13.8 Å². The molecule has 0 atom stereocenters. The SMILES string of the molecule is CC(=O)Oc1ccc2c(c1)C(C)(C)C(/C=C/C=C(C)/C=C/C=C1/N(CCC(=O)[O-])c3ccc(C(=O)[O-])cc3C1(C)C)=[N+]2CCC(=O)[O-].CCC.[Na+].[Na+].[Na+]. The van der Waals surface area contributed by atoms with Crippen LogP contribution in [0.5, 0.6) is 5.75 Å². The number of nitrogens with zero attached hydrogens (tertiary/aromatic N) is 2. The molecule has 4 rings (SSSR count). The number of hydrogen-bond donors (Lipinski definition) is 0. The molecule has 0 spiro atoms. The van der Waals surface area contributed by atoms with Crippen LogP contribution in [-0.2, 0) is 25.2 Å². The Balaban J connectivity index is 0.00000435. The smallest absolute Gasteiger partial charge is 0.550 e. The second-order valence-electron chi connectivity index (χ2n) is 13.4. The van der Waals surface area contributed by atoms with Crippen LogP contribution in [0.1, 0.15) is 96.1 Å². The van der Waals surface area contributed by atoms with Crippen LogP contribution in [-0.4, -0.2) is 47.3 Å². The molecule has 0 saturated carbocycles. The van der Waals surface area contributed by atoms with Crippen molar-refractivity contribution in [3.05, 3.63) is 101 Å². The second kappa shape index (κ2) is 22.3. The first-order valence-electron chi connectivity index (χ1n) is 16.7. The number of ether oxygens (including phenoxy) is 1. The van der Waals surface area contributed by atoms with Crippen LogP contribution < -0.4 is 114 Å². The van der Waals surface area contributed by atoms with E-state index in [0.29, 0.717) is 5.75 Å². The van der Waals surface area contributed by atoms with Crippen LogP contribution in [0, 0.1) is 0 Å². The molecule has 0 aliphatic carbocycles. The van der Waals surface area contributed by atoms with Gasteiger partial charge in [0.1, 0.15) is 5.75 Å². The van der Waals surface area contributed by atoms with E-state index in [1.54, 1.807) is 24.3 Å². The number of carboxylic acids is 3. The maximum Gasteiger partial charge on any atom is 1.00 e. The summed E-state index contributed by atoms with van der Waals surface area (Å²) >= 11 is 0. The molecule has 0 radical (unpaired) electrons. The first-order valence-corrected chi connectivity index (χ1v) is 16.7. The van der Waals surface area contributed by atoms with E-state index in [9.17, 15) is 34.5 Å². The van der Waals surface area contributed by atoms with E-state index in [1.807, 2.05) is 86.6 Å². The Bertz CT molecular complexity index is 1820. The molecule has 2 heterocycles. The fraction of sp³-hybridized carbons (Fsp3) is 0.375. The van der Waals surface area contributed by atoms with Crippen molar-refractivity contribution in [2.75, 3.05) is 18.0 Å². The summed E-state index contributed by atoms with van der Waals surface area (Å²) in [5, 5.41) is 34.2. The number of aromatic carboxylic acids is 1. The van der Waals surface area contributed by atoms with Gasteiger partial charge in [-0.05, 0) is 62.2 Å². The maximum absolute atomic E-state index is 11.5. The van der Waals surface area contributed by atoms with Crippen molar-refractivity contribution in [3.8, 4) is 5.75 Å². The van der Waals surface area contributed by atoms with E-state index in [1.165, 1.54) is 19.4 Å². The number of allylic oxidation sites excluding steroid dienone is 8. The van der Waals surface area contributed by atoms with Crippen LogP contribution in [0.4, 0.5) is 11.4 Å². The molecule has 0 bridgehead atoms. The summed E-state index contributed by atoms with van der Waals surface area (Å²) in [7, 11) is 0. The molecule has 2 aliphatic heterocycles. The van der Waals surface area contributed by atoms with E-state index in [4.69, 9.17) is 4.74 Å². The van der Waals surface area contributed by atoms with E-state index >= 15 is 0 Å². The predicted octanol–water partition coefficient (Wildman–Crippen LogP) is -5.20. The fourth-order valence-electron chi connectivity index (χ4n) is 6.21. The molecule has 2 aromatic rings. The van der Waals surface area contributed by atoms with Gasteiger partial charge in [0.15, 0.2) is 12.3 Å². The Hall–Kier alpha value is -2.25. The Labute approximate surface area is 379 Å². The van der Waals surface area contributed by atoms with Gasteiger partial charge in [0, 0.05) is 72.8 Å². The van der Waals surface area contributed by atoms with Gasteiger partial charge >= 0.3 is 94.6 Å². The number of carbonyl (C=O) groups is 4. The minimum Gasteiger partial charge on any atom is -0.550 e. The topological polar surface area (TPSA) is 153 Å². The molecule has 10 nitrogen and oxygen atoms in total. The van der Waals surface area contributed by atoms with Gasteiger partial charge in [-0.25, -0.2) is 0 Å². The van der Waals surface area contributed by atoms with E-state index in [-0.39, 0.29) is 120 Å². The summed E-state index contributed by atoms with van der Waals surface area (Å²) in [6.07, 6.45) is 12.3. The Morgan fingerprint density at radius 3 is 2.02 bits per heavy atom. The predicted molar refractivity (Wildman–Crippen MR) is 187 cm³/mol. The number of rotatable bonds is 12. The molecular formula is C40H46N2Na3O8+. The van der Waals surface area contributed by atoms with Crippen LogP contribution >= 0.6 is 0 Å². The van der Waals surface area contributed by atoms with Crippen LogP contribution in [0.3, 0.4) is 0 Å². The van der Waals surface area contributed by atoms with E-state index in [0.717, 1.165) is 39.5 Å². The van der Waals surface area contributed by atoms with Crippen molar-refractivity contribution in [3.63, 3.8) is 0 Å². The number of fused-ring (bicyclic) bond motifs is 2. The van der Waals surface area contributed by atoms with Gasteiger partial charge in [0.2, 0.25) is 5.69 Å². The zero-order valence-corrected chi connectivity index (χ0v) is 39.1. The van der Waals surface area contributed by atoms with Crippen molar-refractivity contribution in [2.24, 2.45) is 0 Å². The number of hydrogen-bond acceptors (Lipinski definition) is 9. The van der Waals surface area contributed by atoms with Crippen molar-refractivity contribution in [1.82, 2.24) is 0 Å². The molecule has 0 fully saturated rings. The Kier molecular flexibility index (Phi) is 21.4. The minimum atomic E-state index is -1.28. The van der Waals surface area contributed by atoms with Crippen LogP contribution in [0.25, 0.3) is 0 Å². The van der Waals surface area contributed by atoms with E-state index < -0.39 is 34.7 Å². The molecule has 0 aromatic heterocycles. The molecule has 0 amide bonds. The maximum atomic E-state index is 11.5. The average molecular weight is 752 g/mol. The van der Waals surface area contributed by atoms with Crippen molar-refractivity contribution in [1.29, 1.82) is 0 Å². The molecule has 2 aliphatic rings. The molecule has 2 aromatic carbocycles. The van der Waals surface area contributed by atoms with Crippen LogP contribution in [0.15, 0.2) is 84.1 Å². The third kappa shape index (κ3) is 12.9. The summed E-state index contributed by atoms with van der Waals surface area (Å²) in [6, 6.07) is 10.0. The Morgan fingerprint density at radius 1 is 0.830 bits per heavy atom. The molecule has 0 saturated heterocycles. The van der Waals surface area contributed by atoms with Crippen molar-refractivity contribution < 1.29 is 132 Å². The van der Waals surface area contributed by atoms with Gasteiger partial charge in [0.05, 0.1) is 11.4 Å². The summed E-state index contributed by atoms with van der Waals surface area (Å²) < 4.78 is 7.24. The number of carbonyl (C=O) groups excluding carboxylic acids is 4. The number of benzene rings is 2. The second-order valence-corrected chi connectivity index (χ2v) is 13.4. The number of carboxylic acid groups (broad SMARTS) is 3. The third-order valence-corrected chi connectivity index (χ3v) is 8.56. The van der Waals surface area contributed by atoms with Gasteiger partial charge in [0.25, 0.3) is 0 Å². The zero-order valence-electron chi connectivity index (χ0n) is 33.1. The fourth-order valence-corrected chi connectivity index (χ4v) is 6.21. The zero-order chi connectivity index (χ0) is 37.4. The van der Waals surface area contributed by atoms with Gasteiger partial charge in [-0.15, -0.1) is 0 Å².